The predicted octanol–water partition coefficient (Wildman–Crippen LogP) is 4.76. The average molecular weight is 568 g/mol. The molecule has 2 aromatic heterocycles. The van der Waals surface area contributed by atoms with Crippen LogP contribution in [-0.2, 0) is 13.0 Å². The number of piperazine rings is 2. The van der Waals surface area contributed by atoms with Gasteiger partial charge in [0.1, 0.15) is 0 Å². The first-order chi connectivity index (χ1) is 20.6. The number of benzene rings is 2. The molecule has 42 heavy (non-hydrogen) atoms. The van der Waals surface area contributed by atoms with Gasteiger partial charge in [0.25, 0.3) is 0 Å². The summed E-state index contributed by atoms with van der Waals surface area (Å²) in [5.74, 6) is 0. The molecule has 0 N–H and O–H groups in total. The van der Waals surface area contributed by atoms with Crippen molar-refractivity contribution < 1.29 is 0 Å². The number of pyridine rings is 1. The molecular formula is C35H49N7. The first kappa shape index (κ1) is 28.1. The Balaban J connectivity index is 1.15. The molecule has 7 nitrogen and oxygen atoms in total. The minimum absolute atomic E-state index is 1.06. The lowest BCUT2D eigenvalue weighted by molar-refractivity contribution is 0.152. The van der Waals surface area contributed by atoms with E-state index >= 15 is 0 Å². The minimum atomic E-state index is 1.06. The Morgan fingerprint density at radius 1 is 0.667 bits per heavy atom. The van der Waals surface area contributed by atoms with Crippen molar-refractivity contribution in [3.8, 4) is 0 Å². The second kappa shape index (κ2) is 12.5. The van der Waals surface area contributed by atoms with Gasteiger partial charge in [0.05, 0.1) is 27.8 Å². The number of aryl methyl sites for hydroxylation is 2. The first-order valence-corrected chi connectivity index (χ1v) is 16.5. The van der Waals surface area contributed by atoms with Gasteiger partial charge in [-0.05, 0) is 77.0 Å². The van der Waals surface area contributed by atoms with Crippen LogP contribution in [0.1, 0.15) is 31.2 Å². The van der Waals surface area contributed by atoms with Crippen molar-refractivity contribution >= 4 is 38.5 Å². The maximum Gasteiger partial charge on any atom is 0.0988 e. The lowest BCUT2D eigenvalue weighted by Crippen LogP contribution is -2.45. The summed E-state index contributed by atoms with van der Waals surface area (Å²) in [6.07, 6.45) is 6.03. The summed E-state index contributed by atoms with van der Waals surface area (Å²) < 4.78 is 2.57. The van der Waals surface area contributed by atoms with Crippen LogP contribution in [0.3, 0.4) is 0 Å². The van der Waals surface area contributed by atoms with E-state index in [4.69, 9.17) is 4.98 Å². The molecule has 2 fully saturated rings. The van der Waals surface area contributed by atoms with Crippen LogP contribution in [0.4, 0.5) is 5.69 Å². The summed E-state index contributed by atoms with van der Waals surface area (Å²) in [4.78, 5) is 18.3. The number of unbranched alkanes of at least 4 members (excludes halogenated alkanes) is 1. The molecule has 7 heteroatoms. The summed E-state index contributed by atoms with van der Waals surface area (Å²) in [5, 5.41) is 2.63. The van der Waals surface area contributed by atoms with Gasteiger partial charge in [-0.15, -0.1) is 0 Å². The molecule has 3 aliphatic rings. The number of rotatable bonds is 9. The van der Waals surface area contributed by atoms with Crippen LogP contribution in [0, 0.1) is 0 Å². The first-order valence-electron chi connectivity index (χ1n) is 16.5. The van der Waals surface area contributed by atoms with E-state index in [1.54, 1.807) is 0 Å². The van der Waals surface area contributed by atoms with E-state index in [1.165, 1.54) is 135 Å². The quantitative estimate of drug-likeness (QED) is 0.272. The zero-order chi connectivity index (χ0) is 28.5. The molecule has 0 unspecified atom stereocenters. The van der Waals surface area contributed by atoms with Crippen LogP contribution < -0.4 is 4.90 Å². The average Bonchev–Trinajstić information content (AvgIpc) is 3.18. The molecule has 0 atom stereocenters. The fourth-order valence-corrected chi connectivity index (χ4v) is 7.51. The van der Waals surface area contributed by atoms with Crippen molar-refractivity contribution in [3.63, 3.8) is 0 Å². The molecule has 4 aromatic rings. The fraction of sp³-hybridized carbons (Fsp3) is 0.571. The van der Waals surface area contributed by atoms with Gasteiger partial charge in [-0.1, -0.05) is 30.3 Å². The van der Waals surface area contributed by atoms with Gasteiger partial charge in [0.2, 0.25) is 0 Å². The van der Waals surface area contributed by atoms with Crippen LogP contribution in [0.25, 0.3) is 32.8 Å². The molecule has 7 rings (SSSR count). The van der Waals surface area contributed by atoms with Crippen LogP contribution in [0.2, 0.25) is 0 Å². The van der Waals surface area contributed by atoms with Gasteiger partial charge in [-0.2, -0.15) is 0 Å². The molecule has 0 radical (unpaired) electrons. The van der Waals surface area contributed by atoms with Crippen LogP contribution in [-0.4, -0.2) is 122 Å². The third-order valence-corrected chi connectivity index (χ3v) is 10.1. The highest BCUT2D eigenvalue weighted by Gasteiger charge is 2.25. The number of hydrogen-bond donors (Lipinski definition) is 0. The van der Waals surface area contributed by atoms with Gasteiger partial charge in [0, 0.05) is 82.8 Å². The molecule has 5 heterocycles. The molecule has 0 aliphatic carbocycles. The number of anilines is 1. The van der Waals surface area contributed by atoms with Crippen molar-refractivity contribution in [2.75, 3.05) is 97.5 Å². The number of likely N-dealkylation sites (N-methyl/N-ethyl adjacent to an activating group) is 2. The molecule has 0 saturated carbocycles. The van der Waals surface area contributed by atoms with E-state index in [9.17, 15) is 0 Å². The lowest BCUT2D eigenvalue weighted by atomic mass is 10.0. The van der Waals surface area contributed by atoms with Crippen LogP contribution in [0.5, 0.6) is 0 Å². The molecule has 0 spiro atoms. The van der Waals surface area contributed by atoms with Gasteiger partial charge in [-0.25, -0.2) is 4.98 Å². The second-order valence-electron chi connectivity index (χ2n) is 13.1. The lowest BCUT2D eigenvalue weighted by Gasteiger charge is -2.33. The number of nitrogens with zero attached hydrogens (tertiary/aromatic N) is 7. The monoisotopic (exact) mass is 567 g/mol. The number of aromatic nitrogens is 2. The van der Waals surface area contributed by atoms with Gasteiger partial charge in [-0.3, -0.25) is 0 Å². The number of hydrogen-bond acceptors (Lipinski definition) is 6. The number of fused-ring (bicyclic) bond motifs is 5. The van der Waals surface area contributed by atoms with Gasteiger partial charge < -0.3 is 29.1 Å². The zero-order valence-corrected chi connectivity index (χ0v) is 25.9. The Bertz CT molecular complexity index is 1510. The minimum Gasteiger partial charge on any atom is -0.369 e. The van der Waals surface area contributed by atoms with Crippen LogP contribution in [0.15, 0.2) is 42.5 Å². The summed E-state index contributed by atoms with van der Waals surface area (Å²) in [6.45, 7) is 15.3. The molecular weight excluding hydrogens is 518 g/mol. The van der Waals surface area contributed by atoms with Crippen LogP contribution >= 0.6 is 0 Å². The highest BCUT2D eigenvalue weighted by Crippen LogP contribution is 2.41. The normalized spacial score (nSPS) is 19.8. The van der Waals surface area contributed by atoms with E-state index in [-0.39, 0.29) is 0 Å². The van der Waals surface area contributed by atoms with Crippen molar-refractivity contribution in [2.45, 2.75) is 38.6 Å². The maximum absolute atomic E-state index is 5.40. The van der Waals surface area contributed by atoms with E-state index in [1.807, 2.05) is 0 Å². The van der Waals surface area contributed by atoms with Gasteiger partial charge >= 0.3 is 0 Å². The standard InChI is InChI=1S/C35H49N7/c1-37-19-23-39(24-20-37)14-6-5-9-28-12-13-29-31(27-28)36-33-30-10-3-4-11-32(30)42-18-8-17-41(34(29)35(33)42)16-7-15-40-25-21-38(2)22-26-40/h3-4,10-13,27H,5-9,14-26H2,1-2H3. The summed E-state index contributed by atoms with van der Waals surface area (Å²) >= 11 is 0. The molecule has 2 saturated heterocycles. The highest BCUT2D eigenvalue weighted by atomic mass is 15.3. The highest BCUT2D eigenvalue weighted by molar-refractivity contribution is 6.16. The molecule has 0 amide bonds. The number of para-hydroxylation sites is 1. The maximum atomic E-state index is 5.40. The molecule has 3 aliphatic heterocycles. The van der Waals surface area contributed by atoms with Crippen molar-refractivity contribution in [3.05, 3.63) is 48.0 Å². The predicted molar refractivity (Wildman–Crippen MR) is 177 cm³/mol. The second-order valence-corrected chi connectivity index (χ2v) is 13.1. The zero-order valence-electron chi connectivity index (χ0n) is 25.9. The fourth-order valence-electron chi connectivity index (χ4n) is 7.51. The Kier molecular flexibility index (Phi) is 8.35. The Morgan fingerprint density at radius 2 is 1.38 bits per heavy atom. The van der Waals surface area contributed by atoms with Crippen molar-refractivity contribution in [1.82, 2.24) is 29.2 Å². The SMILES string of the molecule is CN1CCN(CCCCc2ccc3c4c5c(nc3c2)c2ccccc2n5CCCN4CCCN2CCN(C)CC2)CC1. The van der Waals surface area contributed by atoms with Gasteiger partial charge in [0.15, 0.2) is 0 Å². The van der Waals surface area contributed by atoms with Crippen molar-refractivity contribution in [1.29, 1.82) is 0 Å². The third kappa shape index (κ3) is 5.77. The van der Waals surface area contributed by atoms with E-state index in [0.29, 0.717) is 0 Å². The topological polar surface area (TPSA) is 34.0 Å². The Hall–Kier alpha value is -2.71. The molecule has 0 bridgehead atoms. The largest absolute Gasteiger partial charge is 0.369 e. The Labute approximate surface area is 251 Å². The molecule has 2 aromatic carbocycles. The summed E-state index contributed by atoms with van der Waals surface area (Å²) in [7, 11) is 4.48. The Morgan fingerprint density at radius 3 is 2.14 bits per heavy atom. The van der Waals surface area contributed by atoms with Crippen molar-refractivity contribution in [2.24, 2.45) is 0 Å². The van der Waals surface area contributed by atoms with E-state index in [2.05, 4.69) is 85.6 Å². The summed E-state index contributed by atoms with van der Waals surface area (Å²) in [6, 6.07) is 16.1. The molecule has 224 valence electrons. The summed E-state index contributed by atoms with van der Waals surface area (Å²) in [5.41, 5.74) is 7.89. The third-order valence-electron chi connectivity index (χ3n) is 10.1. The van der Waals surface area contributed by atoms with E-state index in [0.717, 1.165) is 26.1 Å². The smallest absolute Gasteiger partial charge is 0.0988 e. The van der Waals surface area contributed by atoms with E-state index < -0.39 is 0 Å².